The lowest BCUT2D eigenvalue weighted by molar-refractivity contribution is 0.612. The van der Waals surface area contributed by atoms with Crippen molar-refractivity contribution < 1.29 is 4.42 Å². The fraction of sp³-hybridized carbons (Fsp3) is 0.333. The van der Waals surface area contributed by atoms with Gasteiger partial charge in [0.05, 0.1) is 0 Å². The summed E-state index contributed by atoms with van der Waals surface area (Å²) in [5.74, 6) is 0. The van der Waals surface area contributed by atoms with Gasteiger partial charge in [0.25, 0.3) is 6.01 Å². The number of hydrogen-bond donors (Lipinski definition) is 2. The minimum atomic E-state index is 0.507. The van der Waals surface area contributed by atoms with E-state index in [-0.39, 0.29) is 0 Å². The smallest absolute Gasteiger partial charge is 0.297 e. The lowest BCUT2D eigenvalue weighted by Crippen LogP contribution is -2.08. The monoisotopic (exact) mass is 192 g/mol. The molecule has 2 rings (SSSR count). The molecule has 0 spiro atoms. The molecular weight excluding hydrogens is 180 g/mol. The number of anilines is 1. The van der Waals surface area contributed by atoms with Crippen LogP contribution in [-0.2, 0) is 0 Å². The van der Waals surface area contributed by atoms with E-state index in [1.54, 1.807) is 6.20 Å². The van der Waals surface area contributed by atoms with E-state index in [1.165, 1.54) is 0 Å². The lowest BCUT2D eigenvalue weighted by Gasteiger charge is -1.97. The first kappa shape index (κ1) is 8.96. The van der Waals surface area contributed by atoms with Gasteiger partial charge in [0, 0.05) is 12.7 Å². The van der Waals surface area contributed by atoms with Gasteiger partial charge in [0.2, 0.25) is 5.65 Å². The quantitative estimate of drug-likeness (QED) is 0.706. The van der Waals surface area contributed by atoms with Crippen LogP contribution in [0.15, 0.2) is 22.7 Å². The van der Waals surface area contributed by atoms with Crippen molar-refractivity contribution in [2.75, 3.05) is 18.4 Å². The molecule has 74 valence electrons. The molecule has 0 aromatic carbocycles. The van der Waals surface area contributed by atoms with Crippen LogP contribution in [0.2, 0.25) is 0 Å². The molecule has 0 aliphatic rings. The van der Waals surface area contributed by atoms with Crippen LogP contribution in [0.1, 0.15) is 6.42 Å². The summed E-state index contributed by atoms with van der Waals surface area (Å²) in [6.45, 7) is 1.43. The Bertz CT molecular complexity index is 379. The minimum absolute atomic E-state index is 0.507. The minimum Gasteiger partial charge on any atom is -0.422 e. The van der Waals surface area contributed by atoms with Gasteiger partial charge < -0.3 is 15.5 Å². The number of nitrogens with one attached hydrogen (secondary N) is 1. The van der Waals surface area contributed by atoms with Crippen molar-refractivity contribution in [3.63, 3.8) is 0 Å². The number of nitrogens with zero attached hydrogens (tertiary/aromatic N) is 2. The highest BCUT2D eigenvalue weighted by Gasteiger charge is 2.03. The zero-order chi connectivity index (χ0) is 9.80. The van der Waals surface area contributed by atoms with Crippen LogP contribution in [0.4, 0.5) is 6.01 Å². The molecule has 0 aliphatic heterocycles. The van der Waals surface area contributed by atoms with Crippen molar-refractivity contribution >= 4 is 17.2 Å². The summed E-state index contributed by atoms with van der Waals surface area (Å²) < 4.78 is 5.39. The Morgan fingerprint density at radius 3 is 3.21 bits per heavy atom. The van der Waals surface area contributed by atoms with Crippen molar-refractivity contribution in [2.24, 2.45) is 5.73 Å². The van der Waals surface area contributed by atoms with Gasteiger partial charge in [0.15, 0.2) is 5.58 Å². The van der Waals surface area contributed by atoms with Crippen molar-refractivity contribution in [1.82, 2.24) is 9.97 Å². The Labute approximate surface area is 81.3 Å². The predicted octanol–water partition coefficient (Wildman–Crippen LogP) is 0.983. The number of hydrogen-bond acceptors (Lipinski definition) is 5. The molecule has 14 heavy (non-hydrogen) atoms. The number of pyridine rings is 1. The van der Waals surface area contributed by atoms with Gasteiger partial charge in [-0.2, -0.15) is 4.98 Å². The third kappa shape index (κ3) is 1.82. The second-order valence-electron chi connectivity index (χ2n) is 2.91. The standard InChI is InChI=1S/C9H12N4O/c10-4-2-6-12-9-13-8-7(14-9)3-1-5-11-8/h1,3,5H,2,4,6,10H2,(H,11,12,13). The molecule has 5 heteroatoms. The van der Waals surface area contributed by atoms with E-state index < -0.39 is 0 Å². The van der Waals surface area contributed by atoms with Crippen molar-refractivity contribution in [1.29, 1.82) is 0 Å². The summed E-state index contributed by atoms with van der Waals surface area (Å²) in [5, 5.41) is 3.04. The normalized spacial score (nSPS) is 10.6. The van der Waals surface area contributed by atoms with Crippen LogP contribution in [0.25, 0.3) is 11.2 Å². The first-order valence-corrected chi connectivity index (χ1v) is 4.55. The molecule has 0 amide bonds. The first-order valence-electron chi connectivity index (χ1n) is 4.55. The zero-order valence-corrected chi connectivity index (χ0v) is 7.73. The van der Waals surface area contributed by atoms with Gasteiger partial charge in [0.1, 0.15) is 0 Å². The Kier molecular flexibility index (Phi) is 2.60. The Morgan fingerprint density at radius 2 is 2.43 bits per heavy atom. The largest absolute Gasteiger partial charge is 0.422 e. The highest BCUT2D eigenvalue weighted by Crippen LogP contribution is 2.15. The SMILES string of the molecule is NCCCNc1nc2ncccc2o1. The maximum atomic E-state index is 5.39. The van der Waals surface area contributed by atoms with Gasteiger partial charge in [-0.3, -0.25) is 0 Å². The van der Waals surface area contributed by atoms with E-state index in [9.17, 15) is 0 Å². The van der Waals surface area contributed by atoms with Gasteiger partial charge >= 0.3 is 0 Å². The highest BCUT2D eigenvalue weighted by atomic mass is 16.4. The lowest BCUT2D eigenvalue weighted by atomic mass is 10.4. The van der Waals surface area contributed by atoms with Gasteiger partial charge in [-0.05, 0) is 25.1 Å². The second kappa shape index (κ2) is 4.06. The van der Waals surface area contributed by atoms with Gasteiger partial charge in [-0.1, -0.05) is 0 Å². The van der Waals surface area contributed by atoms with E-state index in [1.807, 2.05) is 12.1 Å². The molecule has 0 unspecified atom stereocenters. The molecular formula is C9H12N4O. The number of rotatable bonds is 4. The van der Waals surface area contributed by atoms with Gasteiger partial charge in [-0.15, -0.1) is 0 Å². The number of fused-ring (bicyclic) bond motifs is 1. The summed E-state index contributed by atoms with van der Waals surface area (Å²) in [4.78, 5) is 8.22. The van der Waals surface area contributed by atoms with E-state index in [0.29, 0.717) is 23.8 Å². The van der Waals surface area contributed by atoms with Crippen LogP contribution in [0.3, 0.4) is 0 Å². The first-order chi connectivity index (χ1) is 6.90. The fourth-order valence-corrected chi connectivity index (χ4v) is 1.14. The molecule has 5 nitrogen and oxygen atoms in total. The molecule has 0 atom stereocenters. The van der Waals surface area contributed by atoms with E-state index in [0.717, 1.165) is 13.0 Å². The van der Waals surface area contributed by atoms with E-state index in [4.69, 9.17) is 10.2 Å². The van der Waals surface area contributed by atoms with Crippen LogP contribution in [-0.4, -0.2) is 23.1 Å². The average molecular weight is 192 g/mol. The Morgan fingerprint density at radius 1 is 1.50 bits per heavy atom. The Balaban J connectivity index is 2.11. The molecule has 0 aliphatic carbocycles. The third-order valence-electron chi connectivity index (χ3n) is 1.82. The highest BCUT2D eigenvalue weighted by molar-refractivity contribution is 5.69. The van der Waals surface area contributed by atoms with Crippen LogP contribution < -0.4 is 11.1 Å². The zero-order valence-electron chi connectivity index (χ0n) is 7.73. The Hall–Kier alpha value is -1.62. The molecule has 0 bridgehead atoms. The van der Waals surface area contributed by atoms with Crippen molar-refractivity contribution in [2.45, 2.75) is 6.42 Å². The van der Waals surface area contributed by atoms with Crippen LogP contribution in [0, 0.1) is 0 Å². The molecule has 3 N–H and O–H groups in total. The van der Waals surface area contributed by atoms with Gasteiger partial charge in [-0.25, -0.2) is 4.98 Å². The number of aromatic nitrogens is 2. The van der Waals surface area contributed by atoms with E-state index in [2.05, 4.69) is 15.3 Å². The molecule has 0 saturated carbocycles. The molecule has 2 aromatic heterocycles. The maximum absolute atomic E-state index is 5.39. The van der Waals surface area contributed by atoms with Crippen molar-refractivity contribution in [3.8, 4) is 0 Å². The average Bonchev–Trinajstić information content (AvgIpc) is 2.60. The summed E-state index contributed by atoms with van der Waals surface area (Å²) in [6.07, 6.45) is 2.58. The van der Waals surface area contributed by atoms with E-state index >= 15 is 0 Å². The molecule has 2 aromatic rings. The number of oxazole rings is 1. The molecule has 2 heterocycles. The fourth-order valence-electron chi connectivity index (χ4n) is 1.14. The summed E-state index contributed by atoms with van der Waals surface area (Å²) in [7, 11) is 0. The predicted molar refractivity (Wildman–Crippen MR) is 54.0 cm³/mol. The topological polar surface area (TPSA) is 77.0 Å². The van der Waals surface area contributed by atoms with Crippen LogP contribution in [0.5, 0.6) is 0 Å². The third-order valence-corrected chi connectivity index (χ3v) is 1.82. The molecule has 0 saturated heterocycles. The maximum Gasteiger partial charge on any atom is 0.297 e. The molecule has 0 radical (unpaired) electrons. The summed E-state index contributed by atoms with van der Waals surface area (Å²) >= 11 is 0. The summed E-state index contributed by atoms with van der Waals surface area (Å²) in [5.41, 5.74) is 6.69. The summed E-state index contributed by atoms with van der Waals surface area (Å²) in [6, 6.07) is 4.16. The molecule has 0 fully saturated rings. The van der Waals surface area contributed by atoms with Crippen LogP contribution >= 0.6 is 0 Å². The van der Waals surface area contributed by atoms with Crippen molar-refractivity contribution in [3.05, 3.63) is 18.3 Å². The number of nitrogens with two attached hydrogens (primary N) is 1. The second-order valence-corrected chi connectivity index (χ2v) is 2.91.